The minimum Gasteiger partial charge on any atom is -0.497 e. The highest BCUT2D eigenvalue weighted by molar-refractivity contribution is 6.07. The molecule has 1 fully saturated rings. The van der Waals surface area contributed by atoms with E-state index in [-0.39, 0.29) is 5.91 Å². The number of carbonyl (C=O) groups excluding carboxylic acids is 2. The van der Waals surface area contributed by atoms with Crippen LogP contribution in [0, 0.1) is 0 Å². The van der Waals surface area contributed by atoms with Crippen molar-refractivity contribution in [2.45, 2.75) is 25.8 Å². The van der Waals surface area contributed by atoms with Crippen molar-refractivity contribution in [3.8, 4) is 11.5 Å². The Bertz CT molecular complexity index is 607. The Balaban J connectivity index is 2.25. The molecular formula is C15H19N3O4. The lowest BCUT2D eigenvalue weighted by Crippen LogP contribution is -2.42. The fourth-order valence-electron chi connectivity index (χ4n) is 2.04. The zero-order valence-corrected chi connectivity index (χ0v) is 13.0. The normalized spacial score (nSPS) is 21.4. The van der Waals surface area contributed by atoms with E-state index in [1.807, 2.05) is 6.92 Å². The van der Waals surface area contributed by atoms with Gasteiger partial charge in [-0.3, -0.25) is 4.79 Å². The van der Waals surface area contributed by atoms with Crippen molar-refractivity contribution in [3.05, 3.63) is 23.8 Å². The van der Waals surface area contributed by atoms with Crippen molar-refractivity contribution in [2.75, 3.05) is 14.2 Å². The number of benzene rings is 1. The lowest BCUT2D eigenvalue weighted by atomic mass is 10.00. The summed E-state index contributed by atoms with van der Waals surface area (Å²) in [5.41, 5.74) is -0.248. The second kappa shape index (κ2) is 6.05. The standard InChI is InChI=1S/C15H19N3O4/c1-5-15(2)13(19)18(14(20)17-15)16-9-10-6-11(21-3)8-12(7-10)22-4/h6-9H,5H2,1-4H3,(H,17,20)/b16-9+. The number of nitrogens with zero attached hydrogens (tertiary/aromatic N) is 2. The number of amides is 3. The number of hydrogen-bond acceptors (Lipinski definition) is 5. The molecule has 1 aliphatic rings. The minimum absolute atomic E-state index is 0.369. The lowest BCUT2D eigenvalue weighted by Gasteiger charge is -2.17. The molecular weight excluding hydrogens is 286 g/mol. The summed E-state index contributed by atoms with van der Waals surface area (Å²) in [6.07, 6.45) is 1.92. The summed E-state index contributed by atoms with van der Waals surface area (Å²) in [5, 5.41) is 7.46. The van der Waals surface area contributed by atoms with Gasteiger partial charge in [0.05, 0.1) is 20.4 Å². The maximum absolute atomic E-state index is 12.2. The summed E-state index contributed by atoms with van der Waals surface area (Å²) in [7, 11) is 3.08. The van der Waals surface area contributed by atoms with Gasteiger partial charge < -0.3 is 14.8 Å². The topological polar surface area (TPSA) is 80.2 Å². The van der Waals surface area contributed by atoms with Crippen LogP contribution in [-0.4, -0.2) is 42.9 Å². The van der Waals surface area contributed by atoms with Crippen LogP contribution in [-0.2, 0) is 4.79 Å². The Kier molecular flexibility index (Phi) is 4.35. The molecule has 3 amide bonds. The summed E-state index contributed by atoms with van der Waals surface area (Å²) < 4.78 is 10.3. The highest BCUT2D eigenvalue weighted by Gasteiger charge is 2.46. The van der Waals surface area contributed by atoms with Crippen LogP contribution in [0.25, 0.3) is 0 Å². The molecule has 1 N–H and O–H groups in total. The minimum atomic E-state index is -0.902. The van der Waals surface area contributed by atoms with E-state index in [1.165, 1.54) is 6.21 Å². The van der Waals surface area contributed by atoms with Crippen LogP contribution < -0.4 is 14.8 Å². The first-order chi connectivity index (χ1) is 10.4. The monoisotopic (exact) mass is 305 g/mol. The second-order valence-electron chi connectivity index (χ2n) is 5.12. The quantitative estimate of drug-likeness (QED) is 0.664. The third-order valence-electron chi connectivity index (χ3n) is 3.64. The summed E-state index contributed by atoms with van der Waals surface area (Å²) in [4.78, 5) is 24.1. The Hall–Kier alpha value is -2.57. The van der Waals surface area contributed by atoms with E-state index in [4.69, 9.17) is 9.47 Å². The Morgan fingerprint density at radius 1 is 1.23 bits per heavy atom. The first-order valence-corrected chi connectivity index (χ1v) is 6.87. The number of methoxy groups -OCH3 is 2. The van der Waals surface area contributed by atoms with E-state index in [0.29, 0.717) is 23.5 Å². The molecule has 0 bridgehead atoms. The molecule has 1 aromatic rings. The molecule has 0 aromatic heterocycles. The fourth-order valence-corrected chi connectivity index (χ4v) is 2.04. The molecule has 22 heavy (non-hydrogen) atoms. The molecule has 1 aromatic carbocycles. The molecule has 118 valence electrons. The number of ether oxygens (including phenoxy) is 2. The largest absolute Gasteiger partial charge is 0.497 e. The van der Waals surface area contributed by atoms with Crippen molar-refractivity contribution < 1.29 is 19.1 Å². The van der Waals surface area contributed by atoms with E-state index in [2.05, 4.69) is 10.4 Å². The van der Waals surface area contributed by atoms with Gasteiger partial charge in [-0.05, 0) is 25.5 Å². The van der Waals surface area contributed by atoms with Gasteiger partial charge in [-0.1, -0.05) is 6.92 Å². The van der Waals surface area contributed by atoms with Crippen LogP contribution in [0.2, 0.25) is 0 Å². The molecule has 1 aliphatic heterocycles. The Morgan fingerprint density at radius 2 is 1.82 bits per heavy atom. The molecule has 1 heterocycles. The molecule has 0 saturated carbocycles. The van der Waals surface area contributed by atoms with Gasteiger partial charge in [0, 0.05) is 11.6 Å². The van der Waals surface area contributed by atoms with Gasteiger partial charge in [0.15, 0.2) is 0 Å². The van der Waals surface area contributed by atoms with Crippen LogP contribution in [0.3, 0.4) is 0 Å². The molecule has 2 rings (SSSR count). The molecule has 7 nitrogen and oxygen atoms in total. The zero-order valence-electron chi connectivity index (χ0n) is 13.0. The third kappa shape index (κ3) is 2.88. The summed E-state index contributed by atoms with van der Waals surface area (Å²) >= 11 is 0. The van der Waals surface area contributed by atoms with Gasteiger partial charge in [-0.2, -0.15) is 5.10 Å². The van der Waals surface area contributed by atoms with Crippen LogP contribution >= 0.6 is 0 Å². The number of carbonyl (C=O) groups is 2. The van der Waals surface area contributed by atoms with Gasteiger partial charge in [0.2, 0.25) is 0 Å². The number of rotatable bonds is 5. The van der Waals surface area contributed by atoms with E-state index in [0.717, 1.165) is 5.01 Å². The van der Waals surface area contributed by atoms with Gasteiger partial charge in [-0.15, -0.1) is 5.01 Å². The molecule has 0 spiro atoms. The average molecular weight is 305 g/mol. The second-order valence-corrected chi connectivity index (χ2v) is 5.12. The number of urea groups is 1. The van der Waals surface area contributed by atoms with Crippen molar-refractivity contribution >= 4 is 18.2 Å². The van der Waals surface area contributed by atoms with Crippen molar-refractivity contribution in [2.24, 2.45) is 5.10 Å². The molecule has 1 atom stereocenters. The summed E-state index contributed by atoms with van der Waals surface area (Å²) in [6, 6.07) is 4.65. The molecule has 7 heteroatoms. The molecule has 1 saturated heterocycles. The van der Waals surface area contributed by atoms with E-state index >= 15 is 0 Å². The predicted molar refractivity (Wildman–Crippen MR) is 81.2 cm³/mol. The zero-order chi connectivity index (χ0) is 16.3. The Morgan fingerprint density at radius 3 is 2.27 bits per heavy atom. The maximum atomic E-state index is 12.2. The van der Waals surface area contributed by atoms with Crippen LogP contribution in [0.4, 0.5) is 4.79 Å². The number of imide groups is 1. The fraction of sp³-hybridized carbons (Fsp3) is 0.400. The third-order valence-corrected chi connectivity index (χ3v) is 3.64. The predicted octanol–water partition coefficient (Wildman–Crippen LogP) is 1.76. The van der Waals surface area contributed by atoms with Crippen molar-refractivity contribution in [1.29, 1.82) is 0 Å². The smallest absolute Gasteiger partial charge is 0.346 e. The Labute approximate surface area is 128 Å². The van der Waals surface area contributed by atoms with Crippen LogP contribution in [0.1, 0.15) is 25.8 Å². The van der Waals surface area contributed by atoms with E-state index in [1.54, 1.807) is 39.3 Å². The van der Waals surface area contributed by atoms with Gasteiger partial charge in [-0.25, -0.2) is 4.79 Å². The van der Waals surface area contributed by atoms with Crippen LogP contribution in [0.5, 0.6) is 11.5 Å². The number of nitrogens with one attached hydrogen (secondary N) is 1. The molecule has 1 unspecified atom stereocenters. The lowest BCUT2D eigenvalue weighted by molar-refractivity contribution is -0.130. The summed E-state index contributed by atoms with van der Waals surface area (Å²) in [6.45, 7) is 3.51. The SMILES string of the molecule is CCC1(C)NC(=O)N(/N=C/c2cc(OC)cc(OC)c2)C1=O. The number of hydrogen-bond donors (Lipinski definition) is 1. The first-order valence-electron chi connectivity index (χ1n) is 6.87. The molecule has 0 aliphatic carbocycles. The van der Waals surface area contributed by atoms with Crippen LogP contribution in [0.15, 0.2) is 23.3 Å². The highest BCUT2D eigenvalue weighted by atomic mass is 16.5. The maximum Gasteiger partial charge on any atom is 0.346 e. The number of hydrazone groups is 1. The molecule has 0 radical (unpaired) electrons. The average Bonchev–Trinajstić information content (AvgIpc) is 2.75. The van der Waals surface area contributed by atoms with E-state index in [9.17, 15) is 9.59 Å². The van der Waals surface area contributed by atoms with Gasteiger partial charge in [0.1, 0.15) is 17.0 Å². The highest BCUT2D eigenvalue weighted by Crippen LogP contribution is 2.23. The first kappa shape index (κ1) is 15.8. The van der Waals surface area contributed by atoms with Crippen molar-refractivity contribution in [3.63, 3.8) is 0 Å². The summed E-state index contributed by atoms with van der Waals surface area (Å²) in [5.74, 6) is 0.818. The van der Waals surface area contributed by atoms with Crippen molar-refractivity contribution in [1.82, 2.24) is 10.3 Å². The van der Waals surface area contributed by atoms with Gasteiger partial charge >= 0.3 is 6.03 Å². The van der Waals surface area contributed by atoms with E-state index < -0.39 is 11.6 Å². The van der Waals surface area contributed by atoms with Gasteiger partial charge in [0.25, 0.3) is 5.91 Å².